The fourth-order valence-electron chi connectivity index (χ4n) is 2.60. The molecule has 2 rings (SSSR count). The SMILES string of the molecule is CCSc1ccc(C(=O)N2CCCC[C@H]2CNC(N)=O)cn1. The third-order valence-corrected chi connectivity index (χ3v) is 4.50. The highest BCUT2D eigenvalue weighted by molar-refractivity contribution is 7.99. The summed E-state index contributed by atoms with van der Waals surface area (Å²) in [6.45, 7) is 3.17. The summed E-state index contributed by atoms with van der Waals surface area (Å²) in [4.78, 5) is 29.7. The Morgan fingerprint density at radius 1 is 1.45 bits per heavy atom. The standard InChI is InChI=1S/C15H22N4O2S/c1-2-22-13-7-6-11(9-17-13)14(20)19-8-4-3-5-12(19)10-18-15(16)21/h6-7,9,12H,2-5,8,10H2,1H3,(H3,16,18,21)/t12-/m0/s1. The van der Waals surface area contributed by atoms with Crippen LogP contribution in [0.2, 0.25) is 0 Å². The zero-order chi connectivity index (χ0) is 15.9. The van der Waals surface area contributed by atoms with E-state index in [1.807, 2.05) is 17.0 Å². The van der Waals surface area contributed by atoms with Crippen molar-refractivity contribution in [1.29, 1.82) is 0 Å². The molecule has 3 amide bonds. The number of primary amides is 1. The average molecular weight is 322 g/mol. The zero-order valence-corrected chi connectivity index (χ0v) is 13.6. The number of urea groups is 1. The molecule has 0 aromatic carbocycles. The summed E-state index contributed by atoms with van der Waals surface area (Å²) in [5, 5.41) is 3.52. The van der Waals surface area contributed by atoms with Crippen molar-refractivity contribution in [3.8, 4) is 0 Å². The van der Waals surface area contributed by atoms with Crippen LogP contribution in [0.25, 0.3) is 0 Å². The summed E-state index contributed by atoms with van der Waals surface area (Å²) in [6, 6.07) is 3.14. The molecule has 6 nitrogen and oxygen atoms in total. The van der Waals surface area contributed by atoms with Gasteiger partial charge >= 0.3 is 6.03 Å². The number of likely N-dealkylation sites (tertiary alicyclic amines) is 1. The summed E-state index contributed by atoms with van der Waals surface area (Å²) >= 11 is 1.65. The van der Waals surface area contributed by atoms with E-state index in [9.17, 15) is 9.59 Å². The third-order valence-electron chi connectivity index (χ3n) is 3.68. The van der Waals surface area contributed by atoms with Gasteiger partial charge in [0.05, 0.1) is 10.6 Å². The van der Waals surface area contributed by atoms with Crippen LogP contribution >= 0.6 is 11.8 Å². The molecule has 0 saturated carbocycles. The highest BCUT2D eigenvalue weighted by Gasteiger charge is 2.27. The van der Waals surface area contributed by atoms with E-state index in [4.69, 9.17) is 5.73 Å². The van der Waals surface area contributed by atoms with E-state index >= 15 is 0 Å². The Morgan fingerprint density at radius 3 is 2.91 bits per heavy atom. The van der Waals surface area contributed by atoms with Gasteiger partial charge in [-0.1, -0.05) is 6.92 Å². The monoisotopic (exact) mass is 322 g/mol. The lowest BCUT2D eigenvalue weighted by atomic mass is 10.0. The minimum atomic E-state index is -0.555. The van der Waals surface area contributed by atoms with Gasteiger partial charge in [-0.2, -0.15) is 0 Å². The number of carbonyl (C=O) groups excluding carboxylic acids is 2. The number of hydrogen-bond acceptors (Lipinski definition) is 4. The van der Waals surface area contributed by atoms with Crippen molar-refractivity contribution in [2.75, 3.05) is 18.8 Å². The van der Waals surface area contributed by atoms with Gasteiger partial charge in [-0.3, -0.25) is 4.79 Å². The van der Waals surface area contributed by atoms with Gasteiger partial charge < -0.3 is 16.0 Å². The van der Waals surface area contributed by atoms with Gasteiger partial charge in [0.1, 0.15) is 0 Å². The van der Waals surface area contributed by atoms with Crippen molar-refractivity contribution < 1.29 is 9.59 Å². The topological polar surface area (TPSA) is 88.3 Å². The first kappa shape index (κ1) is 16.6. The molecule has 22 heavy (non-hydrogen) atoms. The first-order chi connectivity index (χ1) is 10.6. The van der Waals surface area contributed by atoms with Crippen LogP contribution in [-0.4, -0.2) is 46.7 Å². The molecule has 1 saturated heterocycles. The van der Waals surface area contributed by atoms with Crippen molar-refractivity contribution in [3.05, 3.63) is 23.9 Å². The molecule has 1 aromatic rings. The molecule has 120 valence electrons. The normalized spacial score (nSPS) is 18.0. The predicted molar refractivity (Wildman–Crippen MR) is 86.9 cm³/mol. The van der Waals surface area contributed by atoms with E-state index in [1.165, 1.54) is 0 Å². The number of hydrogen-bond donors (Lipinski definition) is 2. The van der Waals surface area contributed by atoms with Gasteiger partial charge in [-0.05, 0) is 37.1 Å². The minimum absolute atomic E-state index is 0.00144. The van der Waals surface area contributed by atoms with Crippen molar-refractivity contribution in [2.45, 2.75) is 37.3 Å². The number of amides is 3. The second-order valence-electron chi connectivity index (χ2n) is 5.21. The Hall–Kier alpha value is -1.76. The molecule has 0 radical (unpaired) electrons. The lowest BCUT2D eigenvalue weighted by Gasteiger charge is -2.35. The molecule has 1 aromatic heterocycles. The summed E-state index contributed by atoms with van der Waals surface area (Å²) in [5.74, 6) is 0.921. The lowest BCUT2D eigenvalue weighted by Crippen LogP contribution is -2.50. The van der Waals surface area contributed by atoms with E-state index in [2.05, 4.69) is 17.2 Å². The average Bonchev–Trinajstić information content (AvgIpc) is 2.53. The van der Waals surface area contributed by atoms with Gasteiger partial charge in [0.2, 0.25) is 0 Å². The van der Waals surface area contributed by atoms with E-state index in [0.717, 1.165) is 30.0 Å². The smallest absolute Gasteiger partial charge is 0.312 e. The first-order valence-electron chi connectivity index (χ1n) is 7.55. The van der Waals surface area contributed by atoms with Crippen molar-refractivity contribution in [2.24, 2.45) is 5.73 Å². The highest BCUT2D eigenvalue weighted by Crippen LogP contribution is 2.20. The minimum Gasteiger partial charge on any atom is -0.352 e. The lowest BCUT2D eigenvalue weighted by molar-refractivity contribution is 0.0614. The number of aromatic nitrogens is 1. The maximum Gasteiger partial charge on any atom is 0.312 e. The molecule has 0 aliphatic carbocycles. The molecule has 0 unspecified atom stereocenters. The Morgan fingerprint density at radius 2 is 2.27 bits per heavy atom. The maximum atomic E-state index is 12.7. The maximum absolute atomic E-state index is 12.7. The van der Waals surface area contributed by atoms with Gasteiger partial charge in [-0.25, -0.2) is 9.78 Å². The molecule has 1 atom stereocenters. The molecular formula is C15H22N4O2S. The number of thioether (sulfide) groups is 1. The Kier molecular flexibility index (Phi) is 6.06. The van der Waals surface area contributed by atoms with E-state index in [-0.39, 0.29) is 11.9 Å². The van der Waals surface area contributed by atoms with Crippen LogP contribution in [0.5, 0.6) is 0 Å². The fourth-order valence-corrected chi connectivity index (χ4v) is 3.19. The zero-order valence-electron chi connectivity index (χ0n) is 12.7. The fraction of sp³-hybridized carbons (Fsp3) is 0.533. The molecule has 0 spiro atoms. The van der Waals surface area contributed by atoms with Crippen LogP contribution in [0.15, 0.2) is 23.4 Å². The number of nitrogens with zero attached hydrogens (tertiary/aromatic N) is 2. The summed E-state index contributed by atoms with van der Waals surface area (Å²) in [7, 11) is 0. The Bertz CT molecular complexity index is 521. The molecule has 7 heteroatoms. The quantitative estimate of drug-likeness (QED) is 0.810. The van der Waals surface area contributed by atoms with Crippen molar-refractivity contribution in [1.82, 2.24) is 15.2 Å². The second-order valence-corrected chi connectivity index (χ2v) is 6.50. The Balaban J connectivity index is 2.05. The second kappa shape index (κ2) is 8.03. The predicted octanol–water partition coefficient (Wildman–Crippen LogP) is 1.86. The molecule has 1 aliphatic rings. The van der Waals surface area contributed by atoms with E-state index in [1.54, 1.807) is 18.0 Å². The summed E-state index contributed by atoms with van der Waals surface area (Å²) < 4.78 is 0. The van der Waals surface area contributed by atoms with Crippen molar-refractivity contribution in [3.63, 3.8) is 0 Å². The number of nitrogens with two attached hydrogens (primary N) is 1. The molecule has 1 fully saturated rings. The van der Waals surface area contributed by atoms with Gasteiger partial charge in [0.25, 0.3) is 5.91 Å². The molecule has 1 aliphatic heterocycles. The first-order valence-corrected chi connectivity index (χ1v) is 8.53. The van der Waals surface area contributed by atoms with Gasteiger partial charge in [0, 0.05) is 25.3 Å². The van der Waals surface area contributed by atoms with Crippen LogP contribution in [0, 0.1) is 0 Å². The third kappa shape index (κ3) is 4.37. The number of piperidine rings is 1. The summed E-state index contributed by atoms with van der Waals surface area (Å²) in [6.07, 6.45) is 4.55. The highest BCUT2D eigenvalue weighted by atomic mass is 32.2. The number of nitrogens with one attached hydrogen (secondary N) is 1. The van der Waals surface area contributed by atoms with Crippen molar-refractivity contribution >= 4 is 23.7 Å². The van der Waals surface area contributed by atoms with Crippen LogP contribution < -0.4 is 11.1 Å². The summed E-state index contributed by atoms with van der Waals surface area (Å²) in [5.41, 5.74) is 5.71. The van der Waals surface area contributed by atoms with E-state index in [0.29, 0.717) is 18.7 Å². The van der Waals surface area contributed by atoms with Crippen LogP contribution in [0.4, 0.5) is 4.79 Å². The van der Waals surface area contributed by atoms with Gasteiger partial charge in [0.15, 0.2) is 0 Å². The Labute approximate surface area is 134 Å². The number of rotatable bonds is 5. The largest absolute Gasteiger partial charge is 0.352 e. The van der Waals surface area contributed by atoms with Gasteiger partial charge in [-0.15, -0.1) is 11.8 Å². The molecule has 0 bridgehead atoms. The van der Waals surface area contributed by atoms with Crippen LogP contribution in [-0.2, 0) is 0 Å². The van der Waals surface area contributed by atoms with Crippen LogP contribution in [0.1, 0.15) is 36.5 Å². The molecule has 2 heterocycles. The van der Waals surface area contributed by atoms with E-state index < -0.39 is 6.03 Å². The molecule has 3 N–H and O–H groups in total. The number of carbonyl (C=O) groups is 2. The number of pyridine rings is 1. The molecular weight excluding hydrogens is 300 g/mol. The van der Waals surface area contributed by atoms with Crippen LogP contribution in [0.3, 0.4) is 0 Å².